The molecule has 138 valence electrons. The normalized spacial score (nSPS) is 23.1. The second-order valence-electron chi connectivity index (χ2n) is 6.50. The first kappa shape index (κ1) is 19.6. The van der Waals surface area contributed by atoms with E-state index in [-0.39, 0.29) is 42.9 Å². The molecule has 1 aromatic rings. The number of carbonyl (C=O) groups excluding carboxylic acids is 2. The highest BCUT2D eigenvalue weighted by Crippen LogP contribution is 2.30. The van der Waals surface area contributed by atoms with Crippen molar-refractivity contribution in [3.63, 3.8) is 0 Å². The Hall–Kier alpha value is -1.73. The smallest absolute Gasteiger partial charge is 0.228 e. The fourth-order valence-electron chi connectivity index (χ4n) is 3.55. The summed E-state index contributed by atoms with van der Waals surface area (Å²) < 4.78 is 26.9. The van der Waals surface area contributed by atoms with Gasteiger partial charge in [0.05, 0.1) is 11.6 Å². The van der Waals surface area contributed by atoms with Crippen molar-refractivity contribution in [2.24, 2.45) is 11.8 Å². The molecule has 3 rings (SSSR count). The lowest BCUT2D eigenvalue weighted by molar-refractivity contribution is -0.134. The molecule has 25 heavy (non-hydrogen) atoms. The summed E-state index contributed by atoms with van der Waals surface area (Å²) in [4.78, 5) is 27.9. The largest absolute Gasteiger partial charge is 0.342 e. The molecule has 0 aliphatic carbocycles. The fraction of sp³-hybridized carbons (Fsp3) is 0.529. The quantitative estimate of drug-likeness (QED) is 0.875. The van der Waals surface area contributed by atoms with Gasteiger partial charge in [-0.1, -0.05) is 0 Å². The highest BCUT2D eigenvalue weighted by molar-refractivity contribution is 6.00. The first-order chi connectivity index (χ1) is 11.5. The molecule has 1 N–H and O–H groups in total. The van der Waals surface area contributed by atoms with E-state index in [1.54, 1.807) is 4.90 Å². The van der Waals surface area contributed by atoms with Gasteiger partial charge in [-0.2, -0.15) is 0 Å². The molecule has 0 saturated carbocycles. The molecule has 0 bridgehead atoms. The monoisotopic (exact) mass is 373 g/mol. The number of carbonyl (C=O) groups is 2. The minimum Gasteiger partial charge on any atom is -0.342 e. The topological polar surface area (TPSA) is 52.7 Å². The van der Waals surface area contributed by atoms with Gasteiger partial charge in [0.25, 0.3) is 0 Å². The fourth-order valence-corrected chi connectivity index (χ4v) is 3.55. The van der Waals surface area contributed by atoms with E-state index in [9.17, 15) is 18.4 Å². The van der Waals surface area contributed by atoms with E-state index in [0.717, 1.165) is 25.1 Å². The van der Waals surface area contributed by atoms with Gasteiger partial charge < -0.3 is 15.1 Å². The molecular weight excluding hydrogens is 352 g/mol. The minimum absolute atomic E-state index is 0. The van der Waals surface area contributed by atoms with Crippen LogP contribution in [0.3, 0.4) is 0 Å². The van der Waals surface area contributed by atoms with Crippen LogP contribution in [-0.2, 0) is 9.59 Å². The number of anilines is 1. The number of hydrogen-bond acceptors (Lipinski definition) is 3. The average molecular weight is 374 g/mol. The third-order valence-corrected chi connectivity index (χ3v) is 4.77. The standard InChI is InChI=1S/C17H21F2N3O2.ClH/c1-20-8-11-4-5-21(9-11)17(24)12-6-16(23)22(10-12)15-3-2-13(18)7-14(15)19;/h2-3,7,11-12,20H,4-6,8-10H2,1H3;1H. The molecule has 1 aromatic carbocycles. The van der Waals surface area contributed by atoms with Gasteiger partial charge in [0.1, 0.15) is 11.6 Å². The second-order valence-corrected chi connectivity index (χ2v) is 6.50. The summed E-state index contributed by atoms with van der Waals surface area (Å²) in [5.41, 5.74) is 0.0335. The van der Waals surface area contributed by atoms with Crippen molar-refractivity contribution in [1.29, 1.82) is 0 Å². The van der Waals surface area contributed by atoms with Gasteiger partial charge >= 0.3 is 0 Å². The first-order valence-electron chi connectivity index (χ1n) is 8.18. The van der Waals surface area contributed by atoms with Crippen LogP contribution in [0.15, 0.2) is 18.2 Å². The highest BCUT2D eigenvalue weighted by Gasteiger charge is 2.39. The molecule has 2 aliphatic heterocycles. The molecule has 2 heterocycles. The maximum atomic E-state index is 13.9. The lowest BCUT2D eigenvalue weighted by atomic mass is 10.1. The van der Waals surface area contributed by atoms with Crippen LogP contribution in [0, 0.1) is 23.5 Å². The summed E-state index contributed by atoms with van der Waals surface area (Å²) in [6, 6.07) is 3.11. The number of nitrogens with zero attached hydrogens (tertiary/aromatic N) is 2. The van der Waals surface area contributed by atoms with Gasteiger partial charge in [0.2, 0.25) is 11.8 Å². The van der Waals surface area contributed by atoms with Crippen LogP contribution in [0.4, 0.5) is 14.5 Å². The summed E-state index contributed by atoms with van der Waals surface area (Å²) in [6.07, 6.45) is 1.02. The summed E-state index contributed by atoms with van der Waals surface area (Å²) in [5, 5.41) is 3.11. The number of likely N-dealkylation sites (tertiary alicyclic amines) is 1. The maximum Gasteiger partial charge on any atom is 0.228 e. The van der Waals surface area contributed by atoms with Gasteiger partial charge in [-0.3, -0.25) is 9.59 Å². The molecule has 5 nitrogen and oxygen atoms in total. The molecule has 0 radical (unpaired) electrons. The van der Waals surface area contributed by atoms with Crippen molar-refractivity contribution in [2.75, 3.05) is 38.1 Å². The maximum absolute atomic E-state index is 13.9. The second kappa shape index (κ2) is 8.10. The van der Waals surface area contributed by atoms with Crippen molar-refractivity contribution >= 4 is 29.9 Å². The summed E-state index contributed by atoms with van der Waals surface area (Å²) >= 11 is 0. The number of halogens is 3. The third-order valence-electron chi connectivity index (χ3n) is 4.77. The van der Waals surface area contributed by atoms with Crippen molar-refractivity contribution in [1.82, 2.24) is 10.2 Å². The predicted molar refractivity (Wildman–Crippen MR) is 92.7 cm³/mol. The van der Waals surface area contributed by atoms with E-state index >= 15 is 0 Å². The molecule has 2 saturated heterocycles. The SMILES string of the molecule is CNCC1CCN(C(=O)C2CC(=O)N(c3ccc(F)cc3F)C2)C1.Cl. The van der Waals surface area contributed by atoms with Gasteiger partial charge in [-0.25, -0.2) is 8.78 Å². The van der Waals surface area contributed by atoms with E-state index in [1.165, 1.54) is 11.0 Å². The van der Waals surface area contributed by atoms with Crippen LogP contribution in [0.25, 0.3) is 0 Å². The predicted octanol–water partition coefficient (Wildman–Crippen LogP) is 1.81. The molecular formula is C17H22ClF2N3O2. The Morgan fingerprint density at radius 3 is 2.76 bits per heavy atom. The van der Waals surface area contributed by atoms with Crippen molar-refractivity contribution in [3.05, 3.63) is 29.8 Å². The van der Waals surface area contributed by atoms with Crippen LogP contribution in [0.2, 0.25) is 0 Å². The number of benzene rings is 1. The summed E-state index contributed by atoms with van der Waals surface area (Å²) in [6.45, 7) is 2.39. The Bertz CT molecular complexity index is 659. The van der Waals surface area contributed by atoms with Gasteiger partial charge in [0, 0.05) is 32.1 Å². The third kappa shape index (κ3) is 4.10. The molecule has 0 aromatic heterocycles. The Labute approximate surface area is 151 Å². The van der Waals surface area contributed by atoms with Crippen molar-refractivity contribution < 1.29 is 18.4 Å². The Balaban J connectivity index is 0.00000225. The molecule has 0 spiro atoms. The number of rotatable bonds is 4. The molecule has 2 unspecified atom stereocenters. The van der Waals surface area contributed by atoms with Gasteiger partial charge in [0.15, 0.2) is 0 Å². The van der Waals surface area contributed by atoms with Crippen LogP contribution in [-0.4, -0.2) is 49.9 Å². The molecule has 2 atom stereocenters. The zero-order valence-electron chi connectivity index (χ0n) is 14.0. The van der Waals surface area contributed by atoms with E-state index in [4.69, 9.17) is 0 Å². The lowest BCUT2D eigenvalue weighted by Crippen LogP contribution is -2.36. The molecule has 2 aliphatic rings. The summed E-state index contributed by atoms with van der Waals surface area (Å²) in [7, 11) is 1.88. The van der Waals surface area contributed by atoms with Crippen LogP contribution in [0.5, 0.6) is 0 Å². The van der Waals surface area contributed by atoms with Crippen molar-refractivity contribution in [3.8, 4) is 0 Å². The zero-order chi connectivity index (χ0) is 17.3. The number of hydrogen-bond donors (Lipinski definition) is 1. The number of nitrogens with one attached hydrogen (secondary N) is 1. The van der Waals surface area contributed by atoms with Crippen LogP contribution < -0.4 is 10.2 Å². The first-order valence-corrected chi connectivity index (χ1v) is 8.18. The van der Waals surface area contributed by atoms with Crippen LogP contribution >= 0.6 is 12.4 Å². The summed E-state index contributed by atoms with van der Waals surface area (Å²) in [5.74, 6) is -1.86. The van der Waals surface area contributed by atoms with E-state index in [2.05, 4.69) is 5.32 Å². The molecule has 2 amide bonds. The Morgan fingerprint density at radius 1 is 1.32 bits per heavy atom. The zero-order valence-corrected chi connectivity index (χ0v) is 14.8. The van der Waals surface area contributed by atoms with E-state index < -0.39 is 17.6 Å². The lowest BCUT2D eigenvalue weighted by Gasteiger charge is -2.21. The number of amides is 2. The Morgan fingerprint density at radius 2 is 2.08 bits per heavy atom. The van der Waals surface area contributed by atoms with Crippen molar-refractivity contribution in [2.45, 2.75) is 12.8 Å². The van der Waals surface area contributed by atoms with E-state index in [0.29, 0.717) is 19.0 Å². The van der Waals surface area contributed by atoms with Gasteiger partial charge in [-0.15, -0.1) is 12.4 Å². The van der Waals surface area contributed by atoms with Crippen LogP contribution in [0.1, 0.15) is 12.8 Å². The minimum atomic E-state index is -0.785. The van der Waals surface area contributed by atoms with E-state index in [1.807, 2.05) is 7.05 Å². The molecule has 2 fully saturated rings. The molecule has 8 heteroatoms. The Kier molecular flexibility index (Phi) is 6.35. The van der Waals surface area contributed by atoms with Gasteiger partial charge in [-0.05, 0) is 38.1 Å². The highest BCUT2D eigenvalue weighted by atomic mass is 35.5. The average Bonchev–Trinajstić information content (AvgIpc) is 3.14.